The number of pyridine rings is 1. The molecule has 0 atom stereocenters. The molecule has 1 N–H and O–H groups in total. The third-order valence-electron chi connectivity index (χ3n) is 3.66. The van der Waals surface area contributed by atoms with Gasteiger partial charge < -0.3 is 4.98 Å². The maximum atomic E-state index is 12.9. The highest BCUT2D eigenvalue weighted by molar-refractivity contribution is 5.88. The van der Waals surface area contributed by atoms with Crippen molar-refractivity contribution in [1.82, 2.24) is 4.98 Å². The van der Waals surface area contributed by atoms with Gasteiger partial charge >= 0.3 is 6.18 Å². The zero-order chi connectivity index (χ0) is 15.9. The predicted molar refractivity (Wildman–Crippen MR) is 79.7 cm³/mol. The highest BCUT2D eigenvalue weighted by Crippen LogP contribution is 2.33. The zero-order valence-electron chi connectivity index (χ0n) is 11.7. The average molecular weight is 303 g/mol. The molecule has 3 aromatic rings. The number of nitrogens with one attached hydrogen (secondary N) is 1. The van der Waals surface area contributed by atoms with Crippen LogP contribution in [-0.2, 0) is 6.18 Å². The van der Waals surface area contributed by atoms with Gasteiger partial charge in [-0.15, -0.1) is 0 Å². The summed E-state index contributed by atoms with van der Waals surface area (Å²) in [5, 5.41) is 0.397. The first kappa shape index (κ1) is 14.4. The first-order chi connectivity index (χ1) is 10.4. The number of rotatable bonds is 1. The molecule has 0 bridgehead atoms. The van der Waals surface area contributed by atoms with Gasteiger partial charge in [-0.05, 0) is 36.2 Å². The summed E-state index contributed by atoms with van der Waals surface area (Å²) in [5.74, 6) is 0. The van der Waals surface area contributed by atoms with Crippen molar-refractivity contribution in [2.45, 2.75) is 13.1 Å². The molecule has 22 heavy (non-hydrogen) atoms. The topological polar surface area (TPSA) is 32.9 Å². The van der Waals surface area contributed by atoms with Crippen molar-refractivity contribution in [3.05, 3.63) is 70.0 Å². The first-order valence-corrected chi connectivity index (χ1v) is 6.67. The van der Waals surface area contributed by atoms with Gasteiger partial charge in [-0.2, -0.15) is 13.2 Å². The normalized spacial score (nSPS) is 11.8. The minimum atomic E-state index is -4.41. The third kappa shape index (κ3) is 2.39. The lowest BCUT2D eigenvalue weighted by molar-refractivity contribution is -0.137. The van der Waals surface area contributed by atoms with Crippen LogP contribution in [0.2, 0.25) is 0 Å². The SMILES string of the molecule is Cc1c(-c2ccccc2)c(=O)[nH]c2ccc(C(F)(F)F)cc12. The van der Waals surface area contributed by atoms with E-state index in [1.165, 1.54) is 6.07 Å². The third-order valence-corrected chi connectivity index (χ3v) is 3.66. The molecular formula is C17H12F3NO. The maximum Gasteiger partial charge on any atom is 0.416 e. The van der Waals surface area contributed by atoms with Crippen LogP contribution in [0.4, 0.5) is 13.2 Å². The van der Waals surface area contributed by atoms with Crippen LogP contribution < -0.4 is 5.56 Å². The molecule has 112 valence electrons. The number of H-pyrrole nitrogens is 1. The summed E-state index contributed by atoms with van der Waals surface area (Å²) in [6.07, 6.45) is -4.41. The number of hydrogen-bond acceptors (Lipinski definition) is 1. The lowest BCUT2D eigenvalue weighted by atomic mass is 9.97. The Labute approximate surface area is 124 Å². The summed E-state index contributed by atoms with van der Waals surface area (Å²) in [6.45, 7) is 1.67. The van der Waals surface area contributed by atoms with E-state index in [1.54, 1.807) is 31.2 Å². The second-order valence-electron chi connectivity index (χ2n) is 5.08. The van der Waals surface area contributed by atoms with Crippen LogP contribution in [0.25, 0.3) is 22.0 Å². The van der Waals surface area contributed by atoms with E-state index >= 15 is 0 Å². The first-order valence-electron chi connectivity index (χ1n) is 6.67. The molecule has 0 fully saturated rings. The second-order valence-corrected chi connectivity index (χ2v) is 5.08. The van der Waals surface area contributed by atoms with Crippen LogP contribution in [0.3, 0.4) is 0 Å². The fraction of sp³-hybridized carbons (Fsp3) is 0.118. The molecule has 0 spiro atoms. The molecule has 0 saturated heterocycles. The molecule has 0 saturated carbocycles. The van der Waals surface area contributed by atoms with Crippen molar-refractivity contribution in [1.29, 1.82) is 0 Å². The summed E-state index contributed by atoms with van der Waals surface area (Å²) in [7, 11) is 0. The highest BCUT2D eigenvalue weighted by atomic mass is 19.4. The molecule has 0 radical (unpaired) electrons. The summed E-state index contributed by atoms with van der Waals surface area (Å²) in [5.41, 5.74) is 0.976. The van der Waals surface area contributed by atoms with Gasteiger partial charge in [0.15, 0.2) is 0 Å². The zero-order valence-corrected chi connectivity index (χ0v) is 11.7. The van der Waals surface area contributed by atoms with E-state index in [0.29, 0.717) is 27.6 Å². The Bertz CT molecular complexity index is 895. The molecule has 0 unspecified atom stereocenters. The molecule has 5 heteroatoms. The molecule has 0 aliphatic carbocycles. The van der Waals surface area contributed by atoms with E-state index in [1.807, 2.05) is 6.07 Å². The number of halogens is 3. The number of aryl methyl sites for hydroxylation is 1. The van der Waals surface area contributed by atoms with Crippen molar-refractivity contribution >= 4 is 10.9 Å². The smallest absolute Gasteiger partial charge is 0.321 e. The molecule has 0 aliphatic heterocycles. The molecule has 3 rings (SSSR count). The second kappa shape index (κ2) is 5.02. The summed E-state index contributed by atoms with van der Waals surface area (Å²) in [6, 6.07) is 12.2. The van der Waals surface area contributed by atoms with E-state index < -0.39 is 11.7 Å². The standard InChI is InChI=1S/C17H12F3NO/c1-10-13-9-12(17(18,19)20)7-8-14(13)21-16(22)15(10)11-5-3-2-4-6-11/h2-9H,1H3,(H,21,22). The van der Waals surface area contributed by atoms with Crippen molar-refractivity contribution in [2.24, 2.45) is 0 Å². The van der Waals surface area contributed by atoms with Gasteiger partial charge in [-0.3, -0.25) is 4.79 Å². The largest absolute Gasteiger partial charge is 0.416 e. The van der Waals surface area contributed by atoms with Gasteiger partial charge in [-0.1, -0.05) is 30.3 Å². The minimum absolute atomic E-state index is 0.309. The van der Waals surface area contributed by atoms with E-state index in [-0.39, 0.29) is 5.56 Å². The molecule has 1 aromatic heterocycles. The van der Waals surface area contributed by atoms with E-state index in [4.69, 9.17) is 0 Å². The number of benzene rings is 2. The molecule has 2 aromatic carbocycles. The lowest BCUT2D eigenvalue weighted by Crippen LogP contribution is -2.12. The number of hydrogen-bond donors (Lipinski definition) is 1. The molecule has 0 aliphatic rings. The monoisotopic (exact) mass is 303 g/mol. The van der Waals surface area contributed by atoms with Crippen LogP contribution in [0.15, 0.2) is 53.3 Å². The van der Waals surface area contributed by atoms with Gasteiger partial charge in [0.2, 0.25) is 0 Å². The van der Waals surface area contributed by atoms with E-state index in [0.717, 1.165) is 12.1 Å². The van der Waals surface area contributed by atoms with Crippen LogP contribution in [0, 0.1) is 6.92 Å². The maximum absolute atomic E-state index is 12.9. The van der Waals surface area contributed by atoms with Crippen molar-refractivity contribution in [3.8, 4) is 11.1 Å². The number of aromatic nitrogens is 1. The van der Waals surface area contributed by atoms with Crippen LogP contribution >= 0.6 is 0 Å². The van der Waals surface area contributed by atoms with Gasteiger partial charge in [-0.25, -0.2) is 0 Å². The Morgan fingerprint density at radius 1 is 1.00 bits per heavy atom. The number of fused-ring (bicyclic) bond motifs is 1. The van der Waals surface area contributed by atoms with Crippen LogP contribution in [-0.4, -0.2) is 4.98 Å². The average Bonchev–Trinajstić information content (AvgIpc) is 2.47. The van der Waals surface area contributed by atoms with Gasteiger partial charge in [0.1, 0.15) is 0 Å². The van der Waals surface area contributed by atoms with Crippen molar-refractivity contribution in [3.63, 3.8) is 0 Å². The Morgan fingerprint density at radius 2 is 1.68 bits per heavy atom. The quantitative estimate of drug-likeness (QED) is 0.704. The summed E-state index contributed by atoms with van der Waals surface area (Å²) >= 11 is 0. The molecule has 1 heterocycles. The predicted octanol–water partition coefficient (Wildman–Crippen LogP) is 4.52. The fourth-order valence-electron chi connectivity index (χ4n) is 2.58. The van der Waals surface area contributed by atoms with Crippen molar-refractivity contribution in [2.75, 3.05) is 0 Å². The Hall–Kier alpha value is -2.56. The molecule has 0 amide bonds. The van der Waals surface area contributed by atoms with E-state index in [2.05, 4.69) is 4.98 Å². The highest BCUT2D eigenvalue weighted by Gasteiger charge is 2.30. The number of aromatic amines is 1. The van der Waals surface area contributed by atoms with E-state index in [9.17, 15) is 18.0 Å². The molecule has 2 nitrogen and oxygen atoms in total. The summed E-state index contributed by atoms with van der Waals surface area (Å²) < 4.78 is 38.6. The van der Waals surface area contributed by atoms with Crippen molar-refractivity contribution < 1.29 is 13.2 Å². The summed E-state index contributed by atoms with van der Waals surface area (Å²) in [4.78, 5) is 14.9. The van der Waals surface area contributed by atoms with Crippen LogP contribution in [0.5, 0.6) is 0 Å². The fourth-order valence-corrected chi connectivity index (χ4v) is 2.58. The lowest BCUT2D eigenvalue weighted by Gasteiger charge is -2.12. The minimum Gasteiger partial charge on any atom is -0.321 e. The Balaban J connectivity index is 2.34. The Kier molecular flexibility index (Phi) is 3.28. The van der Waals surface area contributed by atoms with Crippen LogP contribution in [0.1, 0.15) is 11.1 Å². The number of alkyl halides is 3. The Morgan fingerprint density at radius 3 is 2.32 bits per heavy atom. The van der Waals surface area contributed by atoms with Gasteiger partial charge in [0.05, 0.1) is 11.1 Å². The van der Waals surface area contributed by atoms with Gasteiger partial charge in [0, 0.05) is 10.9 Å². The molecular weight excluding hydrogens is 291 g/mol. The van der Waals surface area contributed by atoms with Gasteiger partial charge in [0.25, 0.3) is 5.56 Å².